The molecule has 0 saturated carbocycles. The molecule has 80 valence electrons. The quantitative estimate of drug-likeness (QED) is 0.510. The van der Waals surface area contributed by atoms with Gasteiger partial charge in [0.25, 0.3) is 0 Å². The van der Waals surface area contributed by atoms with Crippen LogP contribution in [-0.4, -0.2) is 24.4 Å². The highest BCUT2D eigenvalue weighted by atomic mass is 17.2. The number of carbonyl (C=O) groups excluding carboxylic acids is 3. The zero-order valence-electron chi connectivity index (χ0n) is 8.16. The first-order chi connectivity index (χ1) is 6.56. The monoisotopic (exact) mass is 203 g/mol. The fraction of sp³-hybridized carbons (Fsp3) is 0.625. The molecule has 0 unspecified atom stereocenters. The van der Waals surface area contributed by atoms with Gasteiger partial charge in [0.15, 0.2) is 0 Å². The standard InChI is InChI=1S/C8H13NO5/c1-3-4-7(11)13-14-8(12)5-9-6(2)10/h3-5H2,1-2H3,(H,9,10). The van der Waals surface area contributed by atoms with E-state index in [-0.39, 0.29) is 18.9 Å². The van der Waals surface area contributed by atoms with Crippen molar-refractivity contribution in [1.29, 1.82) is 0 Å². The lowest BCUT2D eigenvalue weighted by atomic mass is 10.3. The van der Waals surface area contributed by atoms with Crippen molar-refractivity contribution < 1.29 is 24.2 Å². The molecule has 1 N–H and O–H groups in total. The molecule has 0 rings (SSSR count). The molecular formula is C8H13NO5. The molecule has 0 fully saturated rings. The molecule has 0 heterocycles. The zero-order chi connectivity index (χ0) is 11.0. The van der Waals surface area contributed by atoms with Crippen LogP contribution < -0.4 is 5.32 Å². The van der Waals surface area contributed by atoms with E-state index in [1.807, 2.05) is 0 Å². The Morgan fingerprint density at radius 2 is 1.71 bits per heavy atom. The molecule has 0 aromatic heterocycles. The molecule has 0 radical (unpaired) electrons. The summed E-state index contributed by atoms with van der Waals surface area (Å²) in [4.78, 5) is 40.0. The van der Waals surface area contributed by atoms with Gasteiger partial charge < -0.3 is 5.32 Å². The van der Waals surface area contributed by atoms with Crippen LogP contribution in [0.25, 0.3) is 0 Å². The average Bonchev–Trinajstić information content (AvgIpc) is 2.12. The Balaban J connectivity index is 3.53. The summed E-state index contributed by atoms with van der Waals surface area (Å²) in [7, 11) is 0. The Kier molecular flexibility index (Phi) is 6.09. The summed E-state index contributed by atoms with van der Waals surface area (Å²) in [6.45, 7) is 2.74. The molecule has 0 aromatic rings. The maximum Gasteiger partial charge on any atom is 0.374 e. The van der Waals surface area contributed by atoms with Crippen LogP contribution in [0.4, 0.5) is 0 Å². The zero-order valence-corrected chi connectivity index (χ0v) is 8.16. The van der Waals surface area contributed by atoms with Crippen LogP contribution in [0.3, 0.4) is 0 Å². The van der Waals surface area contributed by atoms with Crippen molar-refractivity contribution in [3.05, 3.63) is 0 Å². The summed E-state index contributed by atoms with van der Waals surface area (Å²) in [6, 6.07) is 0. The van der Waals surface area contributed by atoms with Gasteiger partial charge in [-0.25, -0.2) is 19.4 Å². The molecule has 0 aliphatic heterocycles. The summed E-state index contributed by atoms with van der Waals surface area (Å²) in [6.07, 6.45) is 0.801. The largest absolute Gasteiger partial charge is 0.374 e. The number of carbonyl (C=O) groups is 3. The van der Waals surface area contributed by atoms with E-state index in [4.69, 9.17) is 0 Å². The van der Waals surface area contributed by atoms with E-state index in [2.05, 4.69) is 15.1 Å². The smallest absolute Gasteiger partial charge is 0.345 e. The molecule has 1 amide bonds. The van der Waals surface area contributed by atoms with Crippen molar-refractivity contribution in [2.45, 2.75) is 26.7 Å². The number of hydrogen-bond acceptors (Lipinski definition) is 5. The van der Waals surface area contributed by atoms with Gasteiger partial charge in [-0.15, -0.1) is 0 Å². The van der Waals surface area contributed by atoms with Crippen molar-refractivity contribution in [1.82, 2.24) is 5.32 Å². The predicted octanol–water partition coefficient (Wildman–Crippen LogP) is -0.0760. The van der Waals surface area contributed by atoms with Gasteiger partial charge in [0, 0.05) is 13.3 Å². The molecule has 0 atom stereocenters. The molecule has 0 aliphatic rings. The molecule has 14 heavy (non-hydrogen) atoms. The maximum absolute atomic E-state index is 10.7. The molecule has 6 nitrogen and oxygen atoms in total. The number of amides is 1. The van der Waals surface area contributed by atoms with E-state index < -0.39 is 11.9 Å². The third-order valence-electron chi connectivity index (χ3n) is 1.16. The van der Waals surface area contributed by atoms with Crippen LogP contribution in [0.2, 0.25) is 0 Å². The Hall–Kier alpha value is -1.59. The number of hydrogen-bond donors (Lipinski definition) is 1. The lowest BCUT2D eigenvalue weighted by Gasteiger charge is -2.02. The topological polar surface area (TPSA) is 81.7 Å². The number of nitrogens with one attached hydrogen (secondary N) is 1. The Bertz CT molecular complexity index is 226. The fourth-order valence-electron chi connectivity index (χ4n) is 0.565. The molecule has 0 saturated heterocycles. The highest BCUT2D eigenvalue weighted by molar-refractivity contribution is 5.80. The highest BCUT2D eigenvalue weighted by Gasteiger charge is 2.08. The van der Waals surface area contributed by atoms with E-state index >= 15 is 0 Å². The minimum Gasteiger partial charge on any atom is -0.345 e. The average molecular weight is 203 g/mol. The second-order valence-corrected chi connectivity index (χ2v) is 2.57. The van der Waals surface area contributed by atoms with Crippen LogP contribution in [-0.2, 0) is 24.2 Å². The molecular weight excluding hydrogens is 190 g/mol. The SMILES string of the molecule is CCCC(=O)OOC(=O)CNC(C)=O. The van der Waals surface area contributed by atoms with Crippen LogP contribution in [0.1, 0.15) is 26.7 Å². The van der Waals surface area contributed by atoms with E-state index in [1.165, 1.54) is 6.92 Å². The first-order valence-corrected chi connectivity index (χ1v) is 4.21. The Labute approximate surface area is 81.5 Å². The fourth-order valence-corrected chi connectivity index (χ4v) is 0.565. The minimum absolute atomic E-state index is 0.188. The second-order valence-electron chi connectivity index (χ2n) is 2.57. The van der Waals surface area contributed by atoms with Gasteiger partial charge >= 0.3 is 11.9 Å². The van der Waals surface area contributed by atoms with Crippen LogP contribution >= 0.6 is 0 Å². The molecule has 0 spiro atoms. The molecule has 0 aromatic carbocycles. The second kappa shape index (κ2) is 6.88. The van der Waals surface area contributed by atoms with E-state index in [9.17, 15) is 14.4 Å². The van der Waals surface area contributed by atoms with Crippen molar-refractivity contribution >= 4 is 17.8 Å². The number of rotatable bonds is 4. The van der Waals surface area contributed by atoms with Gasteiger partial charge in [-0.1, -0.05) is 6.92 Å². The summed E-state index contributed by atoms with van der Waals surface area (Å²) in [5.41, 5.74) is 0. The Morgan fingerprint density at radius 1 is 1.14 bits per heavy atom. The summed E-state index contributed by atoms with van der Waals surface area (Å²) < 4.78 is 0. The van der Waals surface area contributed by atoms with Gasteiger partial charge in [-0.3, -0.25) is 4.79 Å². The Morgan fingerprint density at radius 3 is 2.21 bits per heavy atom. The molecule has 0 aliphatic carbocycles. The van der Waals surface area contributed by atoms with Crippen molar-refractivity contribution in [2.75, 3.05) is 6.54 Å². The van der Waals surface area contributed by atoms with E-state index in [0.717, 1.165) is 0 Å². The van der Waals surface area contributed by atoms with Crippen molar-refractivity contribution in [2.24, 2.45) is 0 Å². The summed E-state index contributed by atoms with van der Waals surface area (Å²) >= 11 is 0. The third kappa shape index (κ3) is 7.08. The van der Waals surface area contributed by atoms with Crippen molar-refractivity contribution in [3.8, 4) is 0 Å². The van der Waals surface area contributed by atoms with Crippen LogP contribution in [0.15, 0.2) is 0 Å². The summed E-state index contributed by atoms with van der Waals surface area (Å²) in [5, 5.41) is 2.20. The minimum atomic E-state index is -0.815. The normalized spacial score (nSPS) is 9.00. The summed E-state index contributed by atoms with van der Waals surface area (Å²) in [5.74, 6) is -1.78. The van der Waals surface area contributed by atoms with E-state index in [1.54, 1.807) is 6.92 Å². The van der Waals surface area contributed by atoms with Gasteiger partial charge in [0.2, 0.25) is 5.91 Å². The maximum atomic E-state index is 10.7. The third-order valence-corrected chi connectivity index (χ3v) is 1.16. The van der Waals surface area contributed by atoms with Gasteiger partial charge in [0.05, 0.1) is 0 Å². The van der Waals surface area contributed by atoms with Gasteiger partial charge in [-0.05, 0) is 6.42 Å². The predicted molar refractivity (Wildman–Crippen MR) is 45.8 cm³/mol. The molecule has 0 bridgehead atoms. The first kappa shape index (κ1) is 12.4. The van der Waals surface area contributed by atoms with Crippen LogP contribution in [0.5, 0.6) is 0 Å². The molecule has 6 heteroatoms. The van der Waals surface area contributed by atoms with E-state index in [0.29, 0.717) is 6.42 Å². The lowest BCUT2D eigenvalue weighted by molar-refractivity contribution is -0.258. The highest BCUT2D eigenvalue weighted by Crippen LogP contribution is 1.91. The first-order valence-electron chi connectivity index (χ1n) is 4.21. The van der Waals surface area contributed by atoms with Crippen molar-refractivity contribution in [3.63, 3.8) is 0 Å². The van der Waals surface area contributed by atoms with Gasteiger partial charge in [-0.2, -0.15) is 0 Å². The lowest BCUT2D eigenvalue weighted by Crippen LogP contribution is -2.29. The van der Waals surface area contributed by atoms with Crippen LogP contribution in [0, 0.1) is 0 Å². The van der Waals surface area contributed by atoms with Gasteiger partial charge in [0.1, 0.15) is 6.54 Å².